The minimum atomic E-state index is -0.564. The van der Waals surface area contributed by atoms with Crippen molar-refractivity contribution in [2.24, 2.45) is 0 Å². The van der Waals surface area contributed by atoms with E-state index in [1.165, 1.54) is 12.1 Å². The zero-order valence-electron chi connectivity index (χ0n) is 14.3. The summed E-state index contributed by atoms with van der Waals surface area (Å²) in [5.41, 5.74) is 7.37. The van der Waals surface area contributed by atoms with Gasteiger partial charge in [-0.25, -0.2) is 0 Å². The lowest BCUT2D eigenvalue weighted by Crippen LogP contribution is -2.14. The monoisotopic (exact) mass is 363 g/mol. The number of nitrogens with zero attached hydrogens (tertiary/aromatic N) is 1. The SMILES string of the molecule is Nc1cc([N+](=O)[O-])ccc1C(=O)Nc1cccc(OCc2ccccc2)c1. The van der Waals surface area contributed by atoms with Gasteiger partial charge >= 0.3 is 0 Å². The molecule has 3 aromatic carbocycles. The molecule has 3 aromatic rings. The molecule has 0 saturated carbocycles. The van der Waals surface area contributed by atoms with E-state index >= 15 is 0 Å². The first-order valence-corrected chi connectivity index (χ1v) is 8.15. The van der Waals surface area contributed by atoms with Crippen LogP contribution in [-0.4, -0.2) is 10.8 Å². The van der Waals surface area contributed by atoms with Crippen LogP contribution in [0.4, 0.5) is 17.1 Å². The first kappa shape index (κ1) is 17.9. The number of nitro groups is 1. The van der Waals surface area contributed by atoms with E-state index in [1.54, 1.807) is 24.3 Å². The number of ether oxygens (including phenoxy) is 1. The Labute approximate surface area is 155 Å². The Morgan fingerprint density at radius 3 is 2.52 bits per heavy atom. The van der Waals surface area contributed by atoms with E-state index in [-0.39, 0.29) is 16.9 Å². The molecule has 3 N–H and O–H groups in total. The number of carbonyl (C=O) groups excluding carboxylic acids is 1. The highest BCUT2D eigenvalue weighted by atomic mass is 16.6. The molecule has 7 heteroatoms. The molecule has 0 heterocycles. The number of nitro benzene ring substituents is 1. The maximum absolute atomic E-state index is 12.4. The van der Waals surface area contributed by atoms with E-state index in [4.69, 9.17) is 10.5 Å². The molecule has 0 atom stereocenters. The Morgan fingerprint density at radius 2 is 1.81 bits per heavy atom. The Bertz CT molecular complexity index is 974. The summed E-state index contributed by atoms with van der Waals surface area (Å²) in [7, 11) is 0. The van der Waals surface area contributed by atoms with Crippen molar-refractivity contribution in [3.05, 3.63) is 94.0 Å². The smallest absolute Gasteiger partial charge is 0.271 e. The Morgan fingerprint density at radius 1 is 1.04 bits per heavy atom. The predicted octanol–water partition coefficient (Wildman–Crippen LogP) is 4.01. The molecule has 0 unspecified atom stereocenters. The number of carbonyl (C=O) groups is 1. The van der Waals surface area contributed by atoms with Crippen LogP contribution in [0.5, 0.6) is 5.75 Å². The molecule has 0 aliphatic carbocycles. The lowest BCUT2D eigenvalue weighted by Gasteiger charge is -2.10. The van der Waals surface area contributed by atoms with Crippen molar-refractivity contribution in [3.63, 3.8) is 0 Å². The number of nitrogens with one attached hydrogen (secondary N) is 1. The molecule has 0 aliphatic heterocycles. The molecule has 3 rings (SSSR count). The lowest BCUT2D eigenvalue weighted by molar-refractivity contribution is -0.384. The van der Waals surface area contributed by atoms with Crippen LogP contribution in [-0.2, 0) is 6.61 Å². The van der Waals surface area contributed by atoms with Crippen LogP contribution >= 0.6 is 0 Å². The molecule has 0 spiro atoms. The number of hydrogen-bond donors (Lipinski definition) is 2. The number of non-ortho nitro benzene ring substituents is 1. The molecule has 136 valence electrons. The van der Waals surface area contributed by atoms with Crippen LogP contribution in [0.1, 0.15) is 15.9 Å². The summed E-state index contributed by atoms with van der Waals surface area (Å²) in [5, 5.41) is 13.5. The minimum Gasteiger partial charge on any atom is -0.489 e. The van der Waals surface area contributed by atoms with Gasteiger partial charge in [0, 0.05) is 23.9 Å². The van der Waals surface area contributed by atoms with Crippen molar-refractivity contribution in [2.45, 2.75) is 6.61 Å². The Hall–Kier alpha value is -3.87. The Kier molecular flexibility index (Phi) is 5.32. The highest BCUT2D eigenvalue weighted by Gasteiger charge is 2.14. The summed E-state index contributed by atoms with van der Waals surface area (Å²) >= 11 is 0. The normalized spacial score (nSPS) is 10.2. The molecule has 0 aliphatic rings. The highest BCUT2D eigenvalue weighted by molar-refractivity contribution is 6.08. The topological polar surface area (TPSA) is 107 Å². The molecule has 0 radical (unpaired) electrons. The van der Waals surface area contributed by atoms with E-state index in [1.807, 2.05) is 30.3 Å². The first-order valence-electron chi connectivity index (χ1n) is 8.15. The molecule has 27 heavy (non-hydrogen) atoms. The van der Waals surface area contributed by atoms with Gasteiger partial charge in [-0.1, -0.05) is 36.4 Å². The van der Waals surface area contributed by atoms with Crippen LogP contribution in [0.2, 0.25) is 0 Å². The largest absolute Gasteiger partial charge is 0.489 e. The number of nitrogen functional groups attached to an aromatic ring is 1. The predicted molar refractivity (Wildman–Crippen MR) is 103 cm³/mol. The second kappa shape index (κ2) is 8.01. The third kappa shape index (κ3) is 4.60. The summed E-state index contributed by atoms with van der Waals surface area (Å²) in [6.07, 6.45) is 0. The minimum absolute atomic E-state index is 0.0400. The van der Waals surface area contributed by atoms with Crippen LogP contribution in [0.15, 0.2) is 72.8 Å². The van der Waals surface area contributed by atoms with Gasteiger partial charge in [-0.3, -0.25) is 14.9 Å². The van der Waals surface area contributed by atoms with Gasteiger partial charge < -0.3 is 15.8 Å². The fourth-order valence-corrected chi connectivity index (χ4v) is 2.47. The quantitative estimate of drug-likeness (QED) is 0.391. The van der Waals surface area contributed by atoms with E-state index in [9.17, 15) is 14.9 Å². The summed E-state index contributed by atoms with van der Waals surface area (Å²) in [4.78, 5) is 22.6. The zero-order valence-corrected chi connectivity index (χ0v) is 14.3. The molecule has 0 fully saturated rings. The number of amides is 1. The molecular weight excluding hydrogens is 346 g/mol. The number of rotatable bonds is 6. The summed E-state index contributed by atoms with van der Waals surface area (Å²) in [5.74, 6) is 0.149. The van der Waals surface area contributed by atoms with Crippen molar-refractivity contribution in [1.29, 1.82) is 0 Å². The van der Waals surface area contributed by atoms with Crippen molar-refractivity contribution in [2.75, 3.05) is 11.1 Å². The standard InChI is InChI=1S/C20H17N3O4/c21-19-12-16(23(25)26)9-10-18(19)20(24)22-15-7-4-8-17(11-15)27-13-14-5-2-1-3-6-14/h1-12H,13,21H2,(H,22,24). The van der Waals surface area contributed by atoms with E-state index in [0.717, 1.165) is 11.6 Å². The number of nitrogens with two attached hydrogens (primary N) is 1. The zero-order chi connectivity index (χ0) is 19.2. The summed E-state index contributed by atoms with van der Waals surface area (Å²) in [6.45, 7) is 0.410. The third-order valence-electron chi connectivity index (χ3n) is 3.83. The number of benzene rings is 3. The lowest BCUT2D eigenvalue weighted by atomic mass is 10.1. The fourth-order valence-electron chi connectivity index (χ4n) is 2.47. The van der Waals surface area contributed by atoms with Crippen LogP contribution < -0.4 is 15.8 Å². The molecule has 0 aromatic heterocycles. The molecule has 0 saturated heterocycles. The second-order valence-electron chi connectivity index (χ2n) is 5.78. The van der Waals surface area contributed by atoms with Gasteiger partial charge in [0.25, 0.3) is 11.6 Å². The van der Waals surface area contributed by atoms with Gasteiger partial charge in [0.1, 0.15) is 12.4 Å². The summed E-state index contributed by atoms with van der Waals surface area (Å²) < 4.78 is 5.73. The average Bonchev–Trinajstić information content (AvgIpc) is 2.67. The van der Waals surface area contributed by atoms with Crippen LogP contribution in [0.25, 0.3) is 0 Å². The fraction of sp³-hybridized carbons (Fsp3) is 0.0500. The van der Waals surface area contributed by atoms with Gasteiger partial charge in [-0.2, -0.15) is 0 Å². The van der Waals surface area contributed by atoms with Gasteiger partial charge in [-0.15, -0.1) is 0 Å². The van der Waals surface area contributed by atoms with Crippen molar-refractivity contribution in [1.82, 2.24) is 0 Å². The van der Waals surface area contributed by atoms with Crippen molar-refractivity contribution in [3.8, 4) is 5.75 Å². The molecule has 1 amide bonds. The third-order valence-corrected chi connectivity index (χ3v) is 3.83. The first-order chi connectivity index (χ1) is 13.0. The van der Waals surface area contributed by atoms with Gasteiger partial charge in [0.2, 0.25) is 0 Å². The molecule has 7 nitrogen and oxygen atoms in total. The second-order valence-corrected chi connectivity index (χ2v) is 5.78. The van der Waals surface area contributed by atoms with Gasteiger partial charge in [0.15, 0.2) is 0 Å². The summed E-state index contributed by atoms with van der Waals surface area (Å²) in [6, 6.07) is 20.4. The van der Waals surface area contributed by atoms with E-state index in [2.05, 4.69) is 5.32 Å². The van der Waals surface area contributed by atoms with E-state index < -0.39 is 10.8 Å². The molecule has 0 bridgehead atoms. The maximum atomic E-state index is 12.4. The van der Waals surface area contributed by atoms with Crippen molar-refractivity contribution < 1.29 is 14.5 Å². The van der Waals surface area contributed by atoms with Gasteiger partial charge in [0.05, 0.1) is 16.2 Å². The van der Waals surface area contributed by atoms with E-state index in [0.29, 0.717) is 18.0 Å². The number of hydrogen-bond acceptors (Lipinski definition) is 5. The number of anilines is 2. The maximum Gasteiger partial charge on any atom is 0.271 e. The van der Waals surface area contributed by atoms with Crippen LogP contribution in [0.3, 0.4) is 0 Å². The molecular formula is C20H17N3O4. The van der Waals surface area contributed by atoms with Gasteiger partial charge in [-0.05, 0) is 23.8 Å². The van der Waals surface area contributed by atoms with Crippen LogP contribution in [0, 0.1) is 10.1 Å². The van der Waals surface area contributed by atoms with Crippen molar-refractivity contribution >= 4 is 23.0 Å². The highest BCUT2D eigenvalue weighted by Crippen LogP contribution is 2.23. The average molecular weight is 363 g/mol. The Balaban J connectivity index is 1.68.